The molecule has 0 aromatic heterocycles. The monoisotopic (exact) mass is 382 g/mol. The summed E-state index contributed by atoms with van der Waals surface area (Å²) in [5.41, 5.74) is 0. The van der Waals surface area contributed by atoms with Crippen LogP contribution in [-0.4, -0.2) is 74.4 Å². The van der Waals surface area contributed by atoms with Crippen LogP contribution < -0.4 is 0 Å². The third-order valence-electron chi connectivity index (χ3n) is 7.18. The number of amides is 1. The Bertz CT molecular complexity index is 496. The van der Waals surface area contributed by atoms with Crippen LogP contribution in [0.5, 0.6) is 0 Å². The second-order valence-electron chi connectivity index (χ2n) is 9.38. The maximum Gasteiger partial charge on any atom is 0.225 e. The van der Waals surface area contributed by atoms with Crippen LogP contribution in [0.4, 0.5) is 0 Å². The molecule has 0 radical (unpaired) electrons. The Hall–Kier alpha value is -0.650. The minimum Gasteiger partial charge on any atom is -0.379 e. The Labute approximate surface area is 166 Å². The second kappa shape index (κ2) is 9.23. The number of piperidine rings is 1. The molecule has 0 N–H and O–H groups in total. The van der Waals surface area contributed by atoms with Gasteiger partial charge in [0.2, 0.25) is 5.91 Å². The van der Waals surface area contributed by atoms with E-state index < -0.39 is 0 Å². The summed E-state index contributed by atoms with van der Waals surface area (Å²) in [6.07, 6.45) is 2.62. The maximum absolute atomic E-state index is 13.5. The smallest absolute Gasteiger partial charge is 0.225 e. The molecule has 2 aliphatic rings. The minimum atomic E-state index is -0.0868. The molecule has 5 heteroatoms. The SMILES string of the molecule is CCC(C)C(C(CC(=O)N1C(C(OC)C(C)C)CC2C(C)C21)OC)N(C)C. The van der Waals surface area contributed by atoms with Crippen LogP contribution in [0.2, 0.25) is 0 Å². The van der Waals surface area contributed by atoms with Crippen molar-refractivity contribution in [2.75, 3.05) is 28.3 Å². The molecule has 1 aliphatic heterocycles. The van der Waals surface area contributed by atoms with Crippen LogP contribution in [0.15, 0.2) is 0 Å². The zero-order valence-corrected chi connectivity index (χ0v) is 18.9. The van der Waals surface area contributed by atoms with Crippen molar-refractivity contribution >= 4 is 5.91 Å². The average molecular weight is 383 g/mol. The van der Waals surface area contributed by atoms with Crippen molar-refractivity contribution in [3.8, 4) is 0 Å². The molecule has 1 amide bonds. The molecule has 1 heterocycles. The largest absolute Gasteiger partial charge is 0.379 e. The molecule has 0 spiro atoms. The van der Waals surface area contributed by atoms with Crippen LogP contribution in [0.1, 0.15) is 53.9 Å². The van der Waals surface area contributed by atoms with Gasteiger partial charge in [0.25, 0.3) is 0 Å². The van der Waals surface area contributed by atoms with E-state index in [-0.39, 0.29) is 30.2 Å². The van der Waals surface area contributed by atoms with Crippen molar-refractivity contribution in [2.45, 2.75) is 84.2 Å². The number of hydrogen-bond donors (Lipinski definition) is 0. The molecule has 2 rings (SSSR count). The van der Waals surface area contributed by atoms with Gasteiger partial charge >= 0.3 is 0 Å². The molecule has 1 saturated heterocycles. The van der Waals surface area contributed by atoms with Gasteiger partial charge in [-0.1, -0.05) is 41.0 Å². The van der Waals surface area contributed by atoms with E-state index in [1.807, 2.05) is 0 Å². The number of methoxy groups -OCH3 is 2. The van der Waals surface area contributed by atoms with E-state index in [1.165, 1.54) is 0 Å². The van der Waals surface area contributed by atoms with Crippen molar-refractivity contribution in [3.63, 3.8) is 0 Å². The van der Waals surface area contributed by atoms with Gasteiger partial charge in [-0.2, -0.15) is 0 Å². The molecule has 0 aromatic carbocycles. The molecule has 8 atom stereocenters. The number of ether oxygens (including phenoxy) is 2. The van der Waals surface area contributed by atoms with Crippen molar-refractivity contribution in [1.29, 1.82) is 0 Å². The fourth-order valence-corrected chi connectivity index (χ4v) is 5.54. The van der Waals surface area contributed by atoms with Gasteiger partial charge in [0.05, 0.1) is 24.7 Å². The van der Waals surface area contributed by atoms with E-state index in [0.717, 1.165) is 12.8 Å². The van der Waals surface area contributed by atoms with Gasteiger partial charge in [0, 0.05) is 26.3 Å². The van der Waals surface area contributed by atoms with Crippen LogP contribution in [0.3, 0.4) is 0 Å². The molecule has 8 unspecified atom stereocenters. The molecule has 0 bridgehead atoms. The van der Waals surface area contributed by atoms with Gasteiger partial charge in [-0.25, -0.2) is 0 Å². The van der Waals surface area contributed by atoms with Gasteiger partial charge in [0.15, 0.2) is 0 Å². The first kappa shape index (κ1) is 22.6. The predicted octanol–water partition coefficient (Wildman–Crippen LogP) is 3.27. The number of likely N-dealkylation sites (N-methyl/N-ethyl adjacent to an activating group) is 1. The average Bonchev–Trinajstić information content (AvgIpc) is 3.05. The first-order valence-corrected chi connectivity index (χ1v) is 10.7. The molecule has 1 saturated carbocycles. The summed E-state index contributed by atoms with van der Waals surface area (Å²) in [5, 5.41) is 0. The van der Waals surface area contributed by atoms with Crippen molar-refractivity contribution in [3.05, 3.63) is 0 Å². The van der Waals surface area contributed by atoms with Crippen molar-refractivity contribution < 1.29 is 14.3 Å². The topological polar surface area (TPSA) is 42.0 Å². The molecule has 5 nitrogen and oxygen atoms in total. The Morgan fingerprint density at radius 2 is 1.81 bits per heavy atom. The number of likely N-dealkylation sites (tertiary alicyclic amines) is 1. The normalized spacial score (nSPS) is 31.7. The summed E-state index contributed by atoms with van der Waals surface area (Å²) in [5.74, 6) is 2.38. The summed E-state index contributed by atoms with van der Waals surface area (Å²) in [4.78, 5) is 17.9. The van der Waals surface area contributed by atoms with E-state index in [1.54, 1.807) is 14.2 Å². The Morgan fingerprint density at radius 3 is 2.26 bits per heavy atom. The lowest BCUT2D eigenvalue weighted by Crippen LogP contribution is -2.51. The fourth-order valence-electron chi connectivity index (χ4n) is 5.54. The van der Waals surface area contributed by atoms with Gasteiger partial charge in [-0.05, 0) is 44.2 Å². The highest BCUT2D eigenvalue weighted by Crippen LogP contribution is 2.54. The number of fused-ring (bicyclic) bond motifs is 1. The Balaban J connectivity index is 2.17. The number of carbonyl (C=O) groups is 1. The summed E-state index contributed by atoms with van der Waals surface area (Å²) in [6, 6.07) is 0.839. The summed E-state index contributed by atoms with van der Waals surface area (Å²) in [7, 11) is 7.70. The highest BCUT2D eigenvalue weighted by atomic mass is 16.5. The van der Waals surface area contributed by atoms with E-state index >= 15 is 0 Å². The molecule has 2 fully saturated rings. The lowest BCUT2D eigenvalue weighted by molar-refractivity contribution is -0.141. The zero-order valence-electron chi connectivity index (χ0n) is 18.9. The quantitative estimate of drug-likeness (QED) is 0.581. The highest BCUT2D eigenvalue weighted by Gasteiger charge is 2.61. The molecule has 0 aromatic rings. The van der Waals surface area contributed by atoms with E-state index in [2.05, 4.69) is 58.5 Å². The van der Waals surface area contributed by atoms with Crippen LogP contribution in [0, 0.1) is 23.7 Å². The van der Waals surface area contributed by atoms with Crippen LogP contribution >= 0.6 is 0 Å². The lowest BCUT2D eigenvalue weighted by Gasteiger charge is -2.39. The molecule has 158 valence electrons. The number of carbonyl (C=O) groups excluding carboxylic acids is 1. The summed E-state index contributed by atoms with van der Waals surface area (Å²) < 4.78 is 11.7. The molecule has 1 aliphatic carbocycles. The first-order valence-electron chi connectivity index (χ1n) is 10.7. The third kappa shape index (κ3) is 4.51. The zero-order chi connectivity index (χ0) is 20.5. The third-order valence-corrected chi connectivity index (χ3v) is 7.18. The highest BCUT2D eigenvalue weighted by molar-refractivity contribution is 5.78. The molecule has 27 heavy (non-hydrogen) atoms. The lowest BCUT2D eigenvalue weighted by atomic mass is 9.90. The summed E-state index contributed by atoms with van der Waals surface area (Å²) in [6.45, 7) is 11.1. The minimum absolute atomic E-state index is 0.0868. The van der Waals surface area contributed by atoms with Crippen LogP contribution in [0.25, 0.3) is 0 Å². The maximum atomic E-state index is 13.5. The van der Waals surface area contributed by atoms with Gasteiger partial charge in [0.1, 0.15) is 0 Å². The number of rotatable bonds is 10. The number of hydrogen-bond acceptors (Lipinski definition) is 4. The van der Waals surface area contributed by atoms with Crippen LogP contribution in [-0.2, 0) is 14.3 Å². The standard InChI is InChI=1S/C22H42N2O3/c1-10-14(4)20(23(6)7)18(26-8)12-19(25)24-17(22(27-9)13(2)3)11-16-15(5)21(16)24/h13-18,20-22H,10-12H2,1-9H3. The molecular weight excluding hydrogens is 340 g/mol. The molecular formula is C22H42N2O3. The summed E-state index contributed by atoms with van der Waals surface area (Å²) >= 11 is 0. The van der Waals surface area contributed by atoms with Gasteiger partial charge in [-0.3, -0.25) is 4.79 Å². The van der Waals surface area contributed by atoms with E-state index in [9.17, 15) is 4.79 Å². The van der Waals surface area contributed by atoms with Crippen molar-refractivity contribution in [1.82, 2.24) is 9.80 Å². The Kier molecular flexibility index (Phi) is 7.74. The second-order valence-corrected chi connectivity index (χ2v) is 9.38. The number of nitrogens with zero attached hydrogens (tertiary/aromatic N) is 2. The first-order chi connectivity index (χ1) is 12.7. The van der Waals surface area contributed by atoms with Gasteiger partial charge < -0.3 is 19.3 Å². The van der Waals surface area contributed by atoms with E-state index in [0.29, 0.717) is 36.1 Å². The fraction of sp³-hybridized carbons (Fsp3) is 0.955. The van der Waals surface area contributed by atoms with Crippen molar-refractivity contribution in [2.24, 2.45) is 23.7 Å². The Morgan fingerprint density at radius 1 is 1.19 bits per heavy atom. The van der Waals surface area contributed by atoms with E-state index in [4.69, 9.17) is 9.47 Å². The predicted molar refractivity (Wildman–Crippen MR) is 110 cm³/mol. The van der Waals surface area contributed by atoms with Gasteiger partial charge in [-0.15, -0.1) is 0 Å².